The number of aliphatic hydroxyl groups is 1. The van der Waals surface area contributed by atoms with Gasteiger partial charge in [-0.2, -0.15) is 0 Å². The van der Waals surface area contributed by atoms with Crippen LogP contribution in [-0.4, -0.2) is 109 Å². The van der Waals surface area contributed by atoms with Gasteiger partial charge in [0.25, 0.3) is 5.91 Å². The molecule has 1 amide bonds. The number of rotatable bonds is 30. The highest BCUT2D eigenvalue weighted by Gasteiger charge is 2.90. The molecule has 3 saturated carbocycles. The number of hydrogen-bond donors (Lipinski definition) is 2. The molecule has 1 aliphatic heterocycles. The highest BCUT2D eigenvalue weighted by atomic mass is 28.4. The first-order valence-corrected chi connectivity index (χ1v) is 34.8. The number of benzene rings is 3. The first-order valence-electron chi connectivity index (χ1n) is 32.3. The van der Waals surface area contributed by atoms with Gasteiger partial charge in [0, 0.05) is 38.7 Å². The third-order valence-electron chi connectivity index (χ3n) is 19.7. The van der Waals surface area contributed by atoms with E-state index in [1.54, 1.807) is 86.6 Å². The molecule has 3 aromatic rings. The molecule has 12 atom stereocenters. The third-order valence-corrected chi connectivity index (χ3v) is 24.3. The summed E-state index contributed by atoms with van der Waals surface area (Å²) in [6, 6.07) is 26.3. The Kier molecular flexibility index (Phi) is 23.0. The number of hydrogen-bond acceptors (Lipinski definition) is 15. The van der Waals surface area contributed by atoms with Crippen molar-refractivity contribution in [2.45, 2.75) is 198 Å². The summed E-state index contributed by atoms with van der Waals surface area (Å²) < 4.78 is 46.0. The molecule has 5 aliphatic rings. The molecular weight excluding hydrogens is 1170 g/mol. The lowest BCUT2D eigenvalue weighted by molar-refractivity contribution is -0.376. The average molecular weight is 1260 g/mol. The average Bonchev–Trinajstić information content (AvgIpc) is 0.622. The number of carbonyl (C=O) groups is 7. The first kappa shape index (κ1) is 69.3. The van der Waals surface area contributed by atoms with Crippen molar-refractivity contribution in [1.82, 2.24) is 5.32 Å². The first-order chi connectivity index (χ1) is 43.7. The summed E-state index contributed by atoms with van der Waals surface area (Å²) in [6.07, 6.45) is 22.2. The van der Waals surface area contributed by atoms with Crippen molar-refractivity contribution in [2.75, 3.05) is 6.61 Å². The van der Waals surface area contributed by atoms with E-state index in [9.17, 15) is 29.1 Å². The zero-order valence-electron chi connectivity index (χ0n) is 54.2. The van der Waals surface area contributed by atoms with Gasteiger partial charge < -0.3 is 43.3 Å². The Bertz CT molecular complexity index is 3310. The number of esters is 5. The fraction of sp³-hybridized carbons (Fsp3) is 0.473. The van der Waals surface area contributed by atoms with Crippen LogP contribution in [0, 0.1) is 16.7 Å². The Hall–Kier alpha value is -7.57. The minimum absolute atomic E-state index is 0.0813. The number of nitrogens with one attached hydrogen (secondary N) is 1. The maximum absolute atomic E-state index is 16.5. The van der Waals surface area contributed by atoms with E-state index in [4.69, 9.17) is 32.8 Å². The minimum atomic E-state index is -2.80. The Labute approximate surface area is 537 Å². The molecule has 17 heteroatoms. The number of amides is 1. The van der Waals surface area contributed by atoms with Crippen LogP contribution in [0.5, 0.6) is 0 Å². The van der Waals surface area contributed by atoms with E-state index in [0.717, 1.165) is 39.0 Å². The fourth-order valence-electron chi connectivity index (χ4n) is 14.6. The number of ether oxygens (including phenoxy) is 6. The maximum atomic E-state index is 16.5. The van der Waals surface area contributed by atoms with E-state index in [0.29, 0.717) is 35.7 Å². The number of carbonyl (C=O) groups excluding carboxylic acids is 7. The summed E-state index contributed by atoms with van der Waals surface area (Å²) in [6.45, 7) is 14.9. The molecule has 91 heavy (non-hydrogen) atoms. The quantitative estimate of drug-likeness (QED) is 0.0275. The van der Waals surface area contributed by atoms with Crippen LogP contribution in [0.15, 0.2) is 175 Å². The highest BCUT2D eigenvalue weighted by molar-refractivity contribution is 6.73. The van der Waals surface area contributed by atoms with Crippen LogP contribution in [0.2, 0.25) is 18.1 Å². The molecule has 4 fully saturated rings. The fourth-order valence-corrected chi connectivity index (χ4v) is 17.4. The van der Waals surface area contributed by atoms with Gasteiger partial charge >= 0.3 is 29.8 Å². The van der Waals surface area contributed by atoms with Crippen molar-refractivity contribution in [3.05, 3.63) is 192 Å². The Morgan fingerprint density at radius 1 is 0.681 bits per heavy atom. The van der Waals surface area contributed by atoms with Crippen LogP contribution in [-0.2, 0) is 56.8 Å². The molecule has 1 saturated heterocycles. The summed E-state index contributed by atoms with van der Waals surface area (Å²) in [5.74, 6) is -6.99. The zero-order chi connectivity index (χ0) is 65.6. The lowest BCUT2D eigenvalue weighted by atomic mass is 9.30. The van der Waals surface area contributed by atoms with E-state index < -0.39 is 126 Å². The van der Waals surface area contributed by atoms with Gasteiger partial charge in [-0.3, -0.25) is 24.0 Å². The van der Waals surface area contributed by atoms with Gasteiger partial charge in [0.1, 0.15) is 29.5 Å². The van der Waals surface area contributed by atoms with Gasteiger partial charge in [0.2, 0.25) is 0 Å². The molecule has 4 aliphatic carbocycles. The van der Waals surface area contributed by atoms with Crippen molar-refractivity contribution < 1.29 is 71.5 Å². The highest BCUT2D eigenvalue weighted by Crippen LogP contribution is 2.78. The van der Waals surface area contributed by atoms with E-state index in [1.165, 1.54) is 26.0 Å². The zero-order valence-corrected chi connectivity index (χ0v) is 55.2. The standard InChI is InChI=1S/C74H91NO15Si/c1-10-14-15-16-17-18-19-20-21-22-23-24-25-26-27-28-29-30-40-47-59(78)86-57-48-58-72(50-84-58,88-53(7)77)64-66(87-68(81)56-45-38-33-39-46-56)73(83)49-74(51(5)60(71(73,74)9)62(85-52(6)76)65(79)70(57,64)8)89-69(82)63(90-91(11-2,12-3)13-4)61(54-41-34-31-35-42-54)75-67(80)55-43-36-32-37-44-55/h14-15,17-18,20-21,23-24,26-27,29-39,41-46,57-58,61-64,66,83H,10-13,16,19,22,25,28,40,47-50H2,1-9H3,(H,75,80)/b15-14-,18-17-,21-20-,24-23-,27-26-,30-29-/t57-,58+,61?,62+,63+,64-,66-,70+,71+,72-,73+,74?/m0/s1. The SMILES string of the molecule is CC/C=C\C/C=C\C/C=C\C/C=C\C/C=C\C/C=C\CCC(=O)O[C@H]1C[C@H]2OC[C@@]2(OC(C)=O)[C@H]2[C@H](OC(=O)c3ccccc3)[C@]3(O)CC4(OC(=O)[C@H](O[Si](CC)(CC)CC)C(NC(=O)c5ccccc5)c5ccccc5)C(C)=C([C@@H](OC(C)=O)C(=O)[C@]12C)[C@@]43C. The van der Waals surface area contributed by atoms with Gasteiger partial charge in [-0.1, -0.05) is 167 Å². The number of fused-ring (bicyclic) bond motifs is 3. The molecule has 0 bridgehead atoms. The van der Waals surface area contributed by atoms with Crippen LogP contribution >= 0.6 is 0 Å². The summed E-state index contributed by atoms with van der Waals surface area (Å²) in [4.78, 5) is 103. The van der Waals surface area contributed by atoms with E-state index in [-0.39, 0.29) is 42.6 Å². The molecule has 0 aromatic heterocycles. The molecule has 2 N–H and O–H groups in total. The second-order valence-electron chi connectivity index (χ2n) is 24.8. The summed E-state index contributed by atoms with van der Waals surface area (Å²) in [5, 5.41) is 17.3. The maximum Gasteiger partial charge on any atom is 0.338 e. The van der Waals surface area contributed by atoms with Crippen LogP contribution in [0.3, 0.4) is 0 Å². The summed E-state index contributed by atoms with van der Waals surface area (Å²) >= 11 is 0. The van der Waals surface area contributed by atoms with Gasteiger partial charge in [0.15, 0.2) is 31.9 Å². The van der Waals surface area contributed by atoms with Crippen molar-refractivity contribution in [3.63, 3.8) is 0 Å². The lowest BCUT2D eigenvalue weighted by Crippen LogP contribution is -2.90. The van der Waals surface area contributed by atoms with Gasteiger partial charge in [-0.15, -0.1) is 0 Å². The lowest BCUT2D eigenvalue weighted by Gasteiger charge is -2.78. The van der Waals surface area contributed by atoms with Crippen molar-refractivity contribution in [2.24, 2.45) is 16.7 Å². The van der Waals surface area contributed by atoms with E-state index in [1.807, 2.05) is 45.1 Å². The number of Topliss-reactive ketones (excluding diaryl/α,β-unsaturated/α-hetero) is 1. The second-order valence-corrected chi connectivity index (χ2v) is 29.6. The molecular formula is C74H91NO15Si. The Morgan fingerprint density at radius 2 is 1.21 bits per heavy atom. The largest absolute Gasteiger partial charge is 0.461 e. The number of allylic oxidation sites excluding steroid dienone is 12. The van der Waals surface area contributed by atoms with Gasteiger partial charge in [-0.25, -0.2) is 9.59 Å². The summed E-state index contributed by atoms with van der Waals surface area (Å²) in [5.41, 5.74) is -8.66. The van der Waals surface area contributed by atoms with Crippen LogP contribution in [0.4, 0.5) is 0 Å². The molecule has 2 unspecified atom stereocenters. The van der Waals surface area contributed by atoms with Gasteiger partial charge in [-0.05, 0) is 125 Å². The smallest absolute Gasteiger partial charge is 0.338 e. The number of ketones is 1. The third kappa shape index (κ3) is 14.0. The Morgan fingerprint density at radius 3 is 1.71 bits per heavy atom. The summed E-state index contributed by atoms with van der Waals surface area (Å²) in [7, 11) is -2.80. The van der Waals surface area contributed by atoms with Crippen molar-refractivity contribution in [1.29, 1.82) is 0 Å². The topological polar surface area (TPSA) is 216 Å². The molecule has 8 rings (SSSR count). The molecule has 0 spiro atoms. The monoisotopic (exact) mass is 1260 g/mol. The Balaban J connectivity index is 1.14. The van der Waals surface area contributed by atoms with Crippen LogP contribution < -0.4 is 5.32 Å². The predicted molar refractivity (Wildman–Crippen MR) is 348 cm³/mol. The van der Waals surface area contributed by atoms with Crippen molar-refractivity contribution >= 4 is 49.9 Å². The van der Waals surface area contributed by atoms with Crippen LogP contribution in [0.25, 0.3) is 0 Å². The van der Waals surface area contributed by atoms with E-state index >= 15 is 9.59 Å². The van der Waals surface area contributed by atoms with Crippen LogP contribution in [0.1, 0.15) is 159 Å². The van der Waals surface area contributed by atoms with Gasteiger partial charge in [0.05, 0.1) is 35.0 Å². The minimum Gasteiger partial charge on any atom is -0.461 e. The second kappa shape index (κ2) is 30.2. The van der Waals surface area contributed by atoms with E-state index in [2.05, 4.69) is 66.9 Å². The predicted octanol–water partition coefficient (Wildman–Crippen LogP) is 13.2. The normalized spacial score (nSPS) is 28.2. The molecule has 3 aromatic carbocycles. The molecule has 486 valence electrons. The molecule has 16 nitrogen and oxygen atoms in total. The molecule has 1 heterocycles. The molecule has 0 radical (unpaired) electrons. The van der Waals surface area contributed by atoms with Crippen molar-refractivity contribution in [3.8, 4) is 0 Å².